The standard InChI is InChI=1S/C12H17F3N2O4S/c1-11(20,12(13,14)15)8-7(19)6(18)5-9(21-8)22-10(16-5)17-3-2-4-17/h5-9,18-20H,2-4H2,1H3/t5?,6?,7?,8?,9?,11-/m0/s1. The number of alkyl halides is 3. The van der Waals surface area contributed by atoms with Crippen LogP contribution in [0.4, 0.5) is 13.2 Å². The van der Waals surface area contributed by atoms with Crippen LogP contribution in [0.15, 0.2) is 4.99 Å². The lowest BCUT2D eigenvalue weighted by molar-refractivity contribution is -0.317. The average molecular weight is 342 g/mol. The molecule has 0 aromatic heterocycles. The van der Waals surface area contributed by atoms with Crippen molar-refractivity contribution in [3.8, 4) is 0 Å². The number of fused-ring (bicyclic) bond motifs is 1. The Labute approximate surface area is 129 Å². The van der Waals surface area contributed by atoms with Crippen LogP contribution in [-0.4, -0.2) is 80.0 Å². The van der Waals surface area contributed by atoms with Gasteiger partial charge in [0.2, 0.25) is 0 Å². The van der Waals surface area contributed by atoms with Gasteiger partial charge in [0.1, 0.15) is 29.8 Å². The first-order valence-electron chi connectivity index (χ1n) is 6.93. The van der Waals surface area contributed by atoms with E-state index in [1.54, 1.807) is 0 Å². The highest BCUT2D eigenvalue weighted by atomic mass is 32.2. The summed E-state index contributed by atoms with van der Waals surface area (Å²) < 4.78 is 44.2. The van der Waals surface area contributed by atoms with Gasteiger partial charge < -0.3 is 25.0 Å². The number of ether oxygens (including phenoxy) is 1. The summed E-state index contributed by atoms with van der Waals surface area (Å²) in [6.45, 7) is 2.13. The van der Waals surface area contributed by atoms with Gasteiger partial charge in [-0.1, -0.05) is 11.8 Å². The van der Waals surface area contributed by atoms with Crippen molar-refractivity contribution in [1.29, 1.82) is 0 Å². The lowest BCUT2D eigenvalue weighted by Crippen LogP contribution is -2.66. The van der Waals surface area contributed by atoms with Crippen LogP contribution in [0.5, 0.6) is 0 Å². The van der Waals surface area contributed by atoms with E-state index >= 15 is 0 Å². The minimum Gasteiger partial charge on any atom is -0.388 e. The third-order valence-corrected chi connectivity index (χ3v) is 5.50. The molecule has 6 atom stereocenters. The number of aliphatic hydroxyl groups is 3. The number of halogens is 3. The minimum absolute atomic E-state index is 0.532. The molecule has 0 bridgehead atoms. The number of likely N-dealkylation sites (tertiary alicyclic amines) is 1. The van der Waals surface area contributed by atoms with Crippen molar-refractivity contribution < 1.29 is 33.2 Å². The number of thioether (sulfide) groups is 1. The van der Waals surface area contributed by atoms with E-state index in [2.05, 4.69) is 4.99 Å². The molecule has 0 radical (unpaired) electrons. The maximum atomic E-state index is 13.0. The summed E-state index contributed by atoms with van der Waals surface area (Å²) in [5.74, 6) is 0. The lowest BCUT2D eigenvalue weighted by Gasteiger charge is -2.44. The molecule has 0 saturated carbocycles. The maximum Gasteiger partial charge on any atom is 0.419 e. The number of hydrogen-bond donors (Lipinski definition) is 3. The van der Waals surface area contributed by atoms with Crippen LogP contribution < -0.4 is 0 Å². The number of hydrogen-bond acceptors (Lipinski definition) is 7. The highest BCUT2D eigenvalue weighted by Crippen LogP contribution is 2.44. The molecule has 3 N–H and O–H groups in total. The molecule has 5 unspecified atom stereocenters. The van der Waals surface area contributed by atoms with Crippen LogP contribution in [0, 0.1) is 0 Å². The van der Waals surface area contributed by atoms with Crippen LogP contribution in [-0.2, 0) is 4.74 Å². The summed E-state index contributed by atoms with van der Waals surface area (Å²) in [4.78, 5) is 6.18. The molecular weight excluding hydrogens is 325 g/mol. The topological polar surface area (TPSA) is 85.5 Å². The minimum atomic E-state index is -4.99. The number of rotatable bonds is 1. The molecule has 2 saturated heterocycles. The lowest BCUT2D eigenvalue weighted by atomic mass is 9.87. The largest absolute Gasteiger partial charge is 0.419 e. The Morgan fingerprint density at radius 2 is 1.91 bits per heavy atom. The van der Waals surface area contributed by atoms with Gasteiger partial charge in [-0.25, -0.2) is 0 Å². The van der Waals surface area contributed by atoms with Gasteiger partial charge in [-0.15, -0.1) is 0 Å². The van der Waals surface area contributed by atoms with E-state index in [1.807, 2.05) is 4.90 Å². The Hall–Kier alpha value is -0.550. The summed E-state index contributed by atoms with van der Waals surface area (Å²) in [6, 6.07) is -0.837. The van der Waals surface area contributed by atoms with Gasteiger partial charge in [-0.3, -0.25) is 4.99 Å². The van der Waals surface area contributed by atoms with Gasteiger partial charge in [-0.05, 0) is 13.3 Å². The van der Waals surface area contributed by atoms with Crippen molar-refractivity contribution in [2.45, 2.75) is 54.9 Å². The van der Waals surface area contributed by atoms with E-state index in [1.165, 1.54) is 0 Å². The van der Waals surface area contributed by atoms with Gasteiger partial charge in [-0.2, -0.15) is 13.2 Å². The normalized spacial score (nSPS) is 41.5. The molecule has 3 aliphatic rings. The third-order valence-electron chi connectivity index (χ3n) is 4.31. The van der Waals surface area contributed by atoms with Crippen LogP contribution in [0.25, 0.3) is 0 Å². The van der Waals surface area contributed by atoms with Crippen molar-refractivity contribution in [3.05, 3.63) is 0 Å². The van der Waals surface area contributed by atoms with Crippen molar-refractivity contribution in [2.24, 2.45) is 4.99 Å². The zero-order valence-corrected chi connectivity index (χ0v) is 12.5. The maximum absolute atomic E-state index is 13.0. The molecule has 6 nitrogen and oxygen atoms in total. The Bertz CT molecular complexity index is 483. The number of aliphatic hydroxyl groups excluding tert-OH is 2. The number of nitrogens with zero attached hydrogens (tertiary/aromatic N) is 2. The van der Waals surface area contributed by atoms with E-state index in [0.717, 1.165) is 31.3 Å². The average Bonchev–Trinajstić information content (AvgIpc) is 2.73. The first kappa shape index (κ1) is 16.3. The Balaban J connectivity index is 1.80. The number of aliphatic imine (C=N–C) groups is 1. The number of amidine groups is 1. The van der Waals surface area contributed by atoms with Crippen LogP contribution >= 0.6 is 11.8 Å². The second kappa shape index (κ2) is 5.23. The third kappa shape index (κ3) is 2.41. The summed E-state index contributed by atoms with van der Waals surface area (Å²) in [5, 5.41) is 30.4. The van der Waals surface area contributed by atoms with Crippen molar-refractivity contribution in [2.75, 3.05) is 13.1 Å². The molecule has 0 aromatic rings. The van der Waals surface area contributed by atoms with E-state index in [0.29, 0.717) is 12.1 Å². The Morgan fingerprint density at radius 1 is 1.27 bits per heavy atom. The molecule has 10 heteroatoms. The Kier molecular flexibility index (Phi) is 3.88. The SMILES string of the molecule is C[C@](O)(C1OC2SC(N3CCC3)=NC2C(O)C1O)C(F)(F)F. The van der Waals surface area contributed by atoms with Crippen molar-refractivity contribution in [3.63, 3.8) is 0 Å². The molecule has 3 heterocycles. The predicted octanol–water partition coefficient (Wildman–Crippen LogP) is -0.0765. The molecule has 22 heavy (non-hydrogen) atoms. The van der Waals surface area contributed by atoms with Gasteiger partial charge in [0.05, 0.1) is 0 Å². The summed E-state index contributed by atoms with van der Waals surface area (Å²) in [7, 11) is 0. The fourth-order valence-electron chi connectivity index (χ4n) is 2.63. The summed E-state index contributed by atoms with van der Waals surface area (Å²) in [6.07, 6.45) is -9.36. The first-order chi connectivity index (χ1) is 10.1. The fraction of sp³-hybridized carbons (Fsp3) is 0.917. The van der Waals surface area contributed by atoms with E-state index in [4.69, 9.17) is 4.74 Å². The Morgan fingerprint density at radius 3 is 2.41 bits per heavy atom. The van der Waals surface area contributed by atoms with Crippen molar-refractivity contribution in [1.82, 2.24) is 4.90 Å². The highest BCUT2D eigenvalue weighted by molar-refractivity contribution is 8.14. The van der Waals surface area contributed by atoms with E-state index in [9.17, 15) is 28.5 Å². The first-order valence-corrected chi connectivity index (χ1v) is 7.81. The quantitative estimate of drug-likeness (QED) is 0.618. The molecule has 3 rings (SSSR count). The zero-order valence-electron chi connectivity index (χ0n) is 11.7. The molecule has 0 aromatic carbocycles. The zero-order chi connectivity index (χ0) is 16.3. The van der Waals surface area contributed by atoms with Gasteiger partial charge in [0.15, 0.2) is 10.8 Å². The molecule has 3 aliphatic heterocycles. The van der Waals surface area contributed by atoms with E-state index in [-0.39, 0.29) is 0 Å². The predicted molar refractivity (Wildman–Crippen MR) is 72.4 cm³/mol. The van der Waals surface area contributed by atoms with Crippen LogP contribution in [0.1, 0.15) is 13.3 Å². The second-order valence-corrected chi connectivity index (χ2v) is 6.98. The molecular formula is C12H17F3N2O4S. The molecule has 2 fully saturated rings. The smallest absolute Gasteiger partial charge is 0.388 e. The van der Waals surface area contributed by atoms with Gasteiger partial charge in [0.25, 0.3) is 0 Å². The van der Waals surface area contributed by atoms with Gasteiger partial charge in [0, 0.05) is 13.1 Å². The second-order valence-electron chi connectivity index (χ2n) is 5.91. The molecule has 126 valence electrons. The monoisotopic (exact) mass is 342 g/mol. The van der Waals surface area contributed by atoms with Crippen LogP contribution in [0.2, 0.25) is 0 Å². The fourth-order valence-corrected chi connectivity index (χ4v) is 3.89. The molecule has 0 spiro atoms. The summed E-state index contributed by atoms with van der Waals surface area (Å²) >= 11 is 1.12. The highest BCUT2D eigenvalue weighted by Gasteiger charge is 2.63. The molecule has 0 amide bonds. The van der Waals surface area contributed by atoms with Gasteiger partial charge >= 0.3 is 6.18 Å². The van der Waals surface area contributed by atoms with E-state index < -0.39 is 41.6 Å². The molecule has 0 aliphatic carbocycles. The summed E-state index contributed by atoms with van der Waals surface area (Å²) in [5.41, 5.74) is -4.12. The van der Waals surface area contributed by atoms with Crippen molar-refractivity contribution >= 4 is 16.9 Å². The van der Waals surface area contributed by atoms with Crippen LogP contribution in [0.3, 0.4) is 0 Å².